The van der Waals surface area contributed by atoms with Crippen molar-refractivity contribution in [2.75, 3.05) is 11.9 Å². The van der Waals surface area contributed by atoms with E-state index in [4.69, 9.17) is 4.74 Å². The summed E-state index contributed by atoms with van der Waals surface area (Å²) >= 11 is 1.59. The molecule has 1 saturated heterocycles. The molecule has 2 heterocycles. The van der Waals surface area contributed by atoms with Crippen molar-refractivity contribution in [3.8, 4) is 0 Å². The lowest BCUT2D eigenvalue weighted by Crippen LogP contribution is -2.48. The minimum absolute atomic E-state index is 0.0822. The van der Waals surface area contributed by atoms with Crippen molar-refractivity contribution in [1.82, 2.24) is 9.47 Å². The molecule has 2 aromatic carbocycles. The van der Waals surface area contributed by atoms with Gasteiger partial charge < -0.3 is 19.5 Å². The maximum absolute atomic E-state index is 14.0. The third-order valence-electron chi connectivity index (χ3n) is 7.57. The lowest BCUT2D eigenvalue weighted by Gasteiger charge is -2.39. The molecule has 6 nitrogen and oxygen atoms in total. The quantitative estimate of drug-likeness (QED) is 0.290. The summed E-state index contributed by atoms with van der Waals surface area (Å²) in [6.45, 7) is 6.60. The van der Waals surface area contributed by atoms with E-state index < -0.39 is 0 Å². The highest BCUT2D eigenvalue weighted by atomic mass is 32.2. The molecule has 7 heteroatoms. The monoisotopic (exact) mass is 517 g/mol. The Bertz CT molecular complexity index is 1320. The van der Waals surface area contributed by atoms with Gasteiger partial charge in [-0.1, -0.05) is 67.9 Å². The minimum Gasteiger partial charge on any atom is -0.465 e. The van der Waals surface area contributed by atoms with Crippen molar-refractivity contribution < 1.29 is 14.3 Å². The van der Waals surface area contributed by atoms with Gasteiger partial charge in [0, 0.05) is 33.9 Å². The molecule has 0 bridgehead atoms. The van der Waals surface area contributed by atoms with Crippen LogP contribution in [0, 0.1) is 12.8 Å². The molecule has 1 N–H and O–H groups in total. The van der Waals surface area contributed by atoms with Crippen LogP contribution in [-0.2, 0) is 20.9 Å². The second kappa shape index (κ2) is 11.1. The first kappa shape index (κ1) is 25.5. The number of thioether (sulfide) groups is 1. The Kier molecular flexibility index (Phi) is 7.60. The zero-order chi connectivity index (χ0) is 25.9. The summed E-state index contributed by atoms with van der Waals surface area (Å²) in [6, 6.07) is 18.4. The Hall–Kier alpha value is -3.19. The third kappa shape index (κ3) is 5.14. The topological polar surface area (TPSA) is 63.6 Å². The summed E-state index contributed by atoms with van der Waals surface area (Å²) in [5.41, 5.74) is 3.73. The number of hydrogen-bond donors (Lipinski definition) is 1. The van der Waals surface area contributed by atoms with Crippen molar-refractivity contribution in [3.05, 3.63) is 70.8 Å². The van der Waals surface area contributed by atoms with Crippen molar-refractivity contribution in [2.45, 2.75) is 64.5 Å². The number of rotatable bonds is 7. The molecule has 1 aliphatic carbocycles. The van der Waals surface area contributed by atoms with Crippen molar-refractivity contribution in [3.63, 3.8) is 0 Å². The molecule has 1 saturated carbocycles. The number of benzene rings is 2. The summed E-state index contributed by atoms with van der Waals surface area (Å²) < 4.78 is 7.21. The summed E-state index contributed by atoms with van der Waals surface area (Å²) in [5, 5.41) is 4.64. The van der Waals surface area contributed by atoms with E-state index in [1.807, 2.05) is 73.0 Å². The second-order valence-corrected chi connectivity index (χ2v) is 11.1. The van der Waals surface area contributed by atoms with Gasteiger partial charge in [0.1, 0.15) is 6.54 Å². The maximum atomic E-state index is 14.0. The normalized spacial score (nSPS) is 23.1. The van der Waals surface area contributed by atoms with Crippen LogP contribution in [0.1, 0.15) is 50.8 Å². The first-order valence-electron chi connectivity index (χ1n) is 13.2. The largest absolute Gasteiger partial charge is 0.465 e. The van der Waals surface area contributed by atoms with Crippen LogP contribution in [-0.4, -0.2) is 39.5 Å². The predicted octanol–water partition coefficient (Wildman–Crippen LogP) is 6.40. The van der Waals surface area contributed by atoms with Crippen molar-refractivity contribution in [1.29, 1.82) is 0 Å². The third-order valence-corrected chi connectivity index (χ3v) is 8.69. The first-order valence-corrected chi connectivity index (χ1v) is 14.1. The SMILES string of the molecule is CCOC(=O)Cn1c(C)c(/C=C2\SC(Nc3ccccc3)N([C@@H]3CCCC[C@H]3C)C2=O)c2ccccc21. The van der Waals surface area contributed by atoms with Gasteiger partial charge in [0.15, 0.2) is 5.50 Å². The molecule has 1 aromatic heterocycles. The standard InChI is InChI=1S/C30H35N3O3S/c1-4-36-28(34)19-32-21(3)24(23-15-9-11-17-26(23)32)18-27-29(35)33(25-16-10-8-12-20(25)2)30(37-27)31-22-13-6-5-7-14-22/h5-7,9,11,13-15,17-18,20,25,30-31H,4,8,10,12,16,19H2,1-3H3/b27-18-/t20-,25-,30?/m1/s1. The van der Waals surface area contributed by atoms with Gasteiger partial charge in [-0.25, -0.2) is 0 Å². The molecular formula is C30H35N3O3S. The Morgan fingerprint density at radius 3 is 2.59 bits per heavy atom. The molecule has 1 aliphatic heterocycles. The molecule has 37 heavy (non-hydrogen) atoms. The molecule has 194 valence electrons. The molecule has 1 amide bonds. The molecule has 2 aliphatic rings. The number of anilines is 1. The van der Waals surface area contributed by atoms with Crippen LogP contribution in [0.15, 0.2) is 59.5 Å². The molecule has 3 aromatic rings. The lowest BCUT2D eigenvalue weighted by atomic mass is 9.85. The van der Waals surface area contributed by atoms with E-state index >= 15 is 0 Å². The van der Waals surface area contributed by atoms with E-state index in [1.165, 1.54) is 6.42 Å². The number of hydrogen-bond acceptors (Lipinski definition) is 5. The van der Waals surface area contributed by atoms with Crippen LogP contribution in [0.3, 0.4) is 0 Å². The number of ether oxygens (including phenoxy) is 1. The summed E-state index contributed by atoms with van der Waals surface area (Å²) in [6.07, 6.45) is 6.59. The molecular weight excluding hydrogens is 482 g/mol. The van der Waals surface area contributed by atoms with Gasteiger partial charge >= 0.3 is 5.97 Å². The second-order valence-electron chi connectivity index (χ2n) is 9.94. The lowest BCUT2D eigenvalue weighted by molar-refractivity contribution is -0.143. The van der Waals surface area contributed by atoms with Crippen LogP contribution in [0.5, 0.6) is 0 Å². The zero-order valence-corrected chi connectivity index (χ0v) is 22.6. The number of nitrogens with one attached hydrogen (secondary N) is 1. The number of amides is 1. The van der Waals surface area contributed by atoms with Crippen molar-refractivity contribution >= 4 is 46.3 Å². The smallest absolute Gasteiger partial charge is 0.325 e. The fraction of sp³-hybridized carbons (Fsp3) is 0.400. The van der Waals surface area contributed by atoms with Crippen LogP contribution in [0.4, 0.5) is 5.69 Å². The molecule has 3 atom stereocenters. The molecule has 0 spiro atoms. The van der Waals surface area contributed by atoms with Crippen LogP contribution >= 0.6 is 11.8 Å². The zero-order valence-electron chi connectivity index (χ0n) is 21.8. The Labute approximate surface area is 223 Å². The predicted molar refractivity (Wildman–Crippen MR) is 151 cm³/mol. The maximum Gasteiger partial charge on any atom is 0.325 e. The summed E-state index contributed by atoms with van der Waals surface area (Å²) in [4.78, 5) is 29.2. The van der Waals surface area contributed by atoms with Gasteiger partial charge in [-0.3, -0.25) is 9.59 Å². The van der Waals surface area contributed by atoms with Gasteiger partial charge in [0.2, 0.25) is 0 Å². The highest BCUT2D eigenvalue weighted by Gasteiger charge is 2.43. The molecule has 1 unspecified atom stereocenters. The van der Waals surface area contributed by atoms with E-state index in [0.29, 0.717) is 12.5 Å². The van der Waals surface area contributed by atoms with Gasteiger partial charge in [-0.2, -0.15) is 0 Å². The number of nitrogens with zero attached hydrogens (tertiary/aromatic N) is 2. The number of esters is 1. The fourth-order valence-electron chi connectivity index (χ4n) is 5.68. The average molecular weight is 518 g/mol. The highest BCUT2D eigenvalue weighted by Crippen LogP contribution is 2.43. The Morgan fingerprint density at radius 1 is 1.11 bits per heavy atom. The number of fused-ring (bicyclic) bond motifs is 1. The van der Waals surface area contributed by atoms with Crippen LogP contribution < -0.4 is 5.32 Å². The van der Waals surface area contributed by atoms with E-state index in [0.717, 1.165) is 52.0 Å². The molecule has 2 fully saturated rings. The summed E-state index contributed by atoms with van der Waals surface area (Å²) in [7, 11) is 0. The van der Waals surface area contributed by atoms with Gasteiger partial charge in [0.25, 0.3) is 5.91 Å². The molecule has 5 rings (SSSR count). The Balaban J connectivity index is 1.53. The summed E-state index contributed by atoms with van der Waals surface area (Å²) in [5.74, 6) is 0.284. The van der Waals surface area contributed by atoms with E-state index in [1.54, 1.807) is 11.8 Å². The van der Waals surface area contributed by atoms with E-state index in [2.05, 4.69) is 23.2 Å². The number of aromatic nitrogens is 1. The van der Waals surface area contributed by atoms with Crippen LogP contribution in [0.25, 0.3) is 17.0 Å². The highest BCUT2D eigenvalue weighted by molar-refractivity contribution is 8.05. The van der Waals surface area contributed by atoms with Gasteiger partial charge in [0.05, 0.1) is 11.5 Å². The van der Waals surface area contributed by atoms with Crippen LogP contribution in [0.2, 0.25) is 0 Å². The number of carbonyl (C=O) groups is 2. The van der Waals surface area contributed by atoms with E-state index in [-0.39, 0.29) is 30.0 Å². The van der Waals surface area contributed by atoms with E-state index in [9.17, 15) is 9.59 Å². The average Bonchev–Trinajstić information content (AvgIpc) is 3.34. The molecule has 0 radical (unpaired) electrons. The van der Waals surface area contributed by atoms with Gasteiger partial charge in [-0.05, 0) is 56.9 Å². The number of para-hydroxylation sites is 2. The minimum atomic E-state index is -0.263. The Morgan fingerprint density at radius 2 is 1.84 bits per heavy atom. The fourth-order valence-corrected chi connectivity index (χ4v) is 6.87. The number of carbonyl (C=O) groups excluding carboxylic acids is 2. The first-order chi connectivity index (χ1) is 18.0. The van der Waals surface area contributed by atoms with Crippen molar-refractivity contribution in [2.24, 2.45) is 5.92 Å². The van der Waals surface area contributed by atoms with Gasteiger partial charge in [-0.15, -0.1) is 0 Å².